The van der Waals surface area contributed by atoms with Crippen molar-refractivity contribution >= 4 is 5.69 Å². The van der Waals surface area contributed by atoms with Crippen molar-refractivity contribution < 1.29 is 19.3 Å². The van der Waals surface area contributed by atoms with E-state index in [1.54, 1.807) is 0 Å². The number of benzene rings is 1. The lowest BCUT2D eigenvalue weighted by atomic mass is 10.2. The molecular weight excluding hydrogens is 254 g/mol. The number of aliphatic hydroxyl groups is 1. The van der Waals surface area contributed by atoms with E-state index in [-0.39, 0.29) is 23.2 Å². The normalized spacial score (nSPS) is 12.2. The zero-order chi connectivity index (χ0) is 14.0. The van der Waals surface area contributed by atoms with Gasteiger partial charge in [-0.2, -0.15) is 4.98 Å². The van der Waals surface area contributed by atoms with Crippen LogP contribution in [0.5, 0.6) is 5.75 Å². The maximum atomic E-state index is 10.7. The predicted molar refractivity (Wildman–Crippen MR) is 63.6 cm³/mol. The molecule has 0 spiro atoms. The summed E-state index contributed by atoms with van der Waals surface area (Å²) in [6.07, 6.45) is -0.860. The predicted octanol–water partition coefficient (Wildman–Crippen LogP) is 1.71. The van der Waals surface area contributed by atoms with Crippen LogP contribution in [0.25, 0.3) is 11.5 Å². The van der Waals surface area contributed by atoms with Crippen molar-refractivity contribution in [3.8, 4) is 17.2 Å². The monoisotopic (exact) mass is 265 g/mol. The summed E-state index contributed by atoms with van der Waals surface area (Å²) in [7, 11) is 1.38. The Bertz CT molecular complexity index is 608. The first-order chi connectivity index (χ1) is 9.02. The molecule has 1 aromatic heterocycles. The standard InChI is InChI=1S/C11H11N3O5/c1-6(15)10-12-11(19-13-10)8-4-3-7(14(16)17)5-9(8)18-2/h3-6,15H,1-2H3. The molecule has 1 heterocycles. The molecule has 8 nitrogen and oxygen atoms in total. The summed E-state index contributed by atoms with van der Waals surface area (Å²) in [5.74, 6) is 0.507. The molecule has 0 fully saturated rings. The van der Waals surface area contributed by atoms with Gasteiger partial charge in [0, 0.05) is 6.07 Å². The number of hydrogen-bond donors (Lipinski definition) is 1. The number of ether oxygens (including phenoxy) is 1. The van der Waals surface area contributed by atoms with Crippen LogP contribution in [0, 0.1) is 10.1 Å². The van der Waals surface area contributed by atoms with Crippen molar-refractivity contribution in [3.63, 3.8) is 0 Å². The zero-order valence-electron chi connectivity index (χ0n) is 10.2. The summed E-state index contributed by atoms with van der Waals surface area (Å²) >= 11 is 0. The Morgan fingerprint density at radius 1 is 1.53 bits per heavy atom. The van der Waals surface area contributed by atoms with E-state index in [1.165, 1.54) is 32.2 Å². The van der Waals surface area contributed by atoms with Gasteiger partial charge in [-0.25, -0.2) is 0 Å². The van der Waals surface area contributed by atoms with E-state index >= 15 is 0 Å². The van der Waals surface area contributed by atoms with Gasteiger partial charge in [0.15, 0.2) is 5.82 Å². The molecule has 1 unspecified atom stereocenters. The van der Waals surface area contributed by atoms with Crippen LogP contribution in [0.15, 0.2) is 22.7 Å². The van der Waals surface area contributed by atoms with Gasteiger partial charge in [0.05, 0.1) is 23.7 Å². The van der Waals surface area contributed by atoms with Gasteiger partial charge < -0.3 is 14.4 Å². The number of rotatable bonds is 4. The summed E-state index contributed by atoms with van der Waals surface area (Å²) < 4.78 is 10.0. The number of non-ortho nitro benzene ring substituents is 1. The van der Waals surface area contributed by atoms with E-state index in [2.05, 4.69) is 10.1 Å². The molecule has 0 bridgehead atoms. The first kappa shape index (κ1) is 13.0. The van der Waals surface area contributed by atoms with Crippen molar-refractivity contribution in [1.29, 1.82) is 0 Å². The first-order valence-corrected chi connectivity index (χ1v) is 5.37. The average molecular weight is 265 g/mol. The Labute approximate surface area is 107 Å². The quantitative estimate of drug-likeness (QED) is 0.661. The molecule has 100 valence electrons. The van der Waals surface area contributed by atoms with Gasteiger partial charge >= 0.3 is 0 Å². The highest BCUT2D eigenvalue weighted by Crippen LogP contribution is 2.32. The Balaban J connectivity index is 2.46. The van der Waals surface area contributed by atoms with Crippen molar-refractivity contribution in [2.75, 3.05) is 7.11 Å². The number of nitro benzene ring substituents is 1. The van der Waals surface area contributed by atoms with Crippen molar-refractivity contribution in [1.82, 2.24) is 10.1 Å². The molecule has 0 aliphatic rings. The smallest absolute Gasteiger partial charge is 0.273 e. The highest BCUT2D eigenvalue weighted by molar-refractivity contribution is 5.65. The molecule has 1 aromatic carbocycles. The molecule has 2 aromatic rings. The van der Waals surface area contributed by atoms with Crippen molar-refractivity contribution in [2.45, 2.75) is 13.0 Å². The van der Waals surface area contributed by atoms with Crippen LogP contribution in [-0.2, 0) is 0 Å². The van der Waals surface area contributed by atoms with E-state index in [0.717, 1.165) is 0 Å². The Hall–Kier alpha value is -2.48. The lowest BCUT2D eigenvalue weighted by molar-refractivity contribution is -0.384. The van der Waals surface area contributed by atoms with Gasteiger partial charge in [-0.05, 0) is 13.0 Å². The van der Waals surface area contributed by atoms with Crippen molar-refractivity contribution in [2.24, 2.45) is 0 Å². The fourth-order valence-corrected chi connectivity index (χ4v) is 1.48. The number of aliphatic hydroxyl groups excluding tert-OH is 1. The highest BCUT2D eigenvalue weighted by atomic mass is 16.6. The van der Waals surface area contributed by atoms with Gasteiger partial charge in [-0.15, -0.1) is 0 Å². The van der Waals surface area contributed by atoms with E-state index in [9.17, 15) is 15.2 Å². The van der Waals surface area contributed by atoms with E-state index < -0.39 is 11.0 Å². The minimum Gasteiger partial charge on any atom is -0.496 e. The Morgan fingerprint density at radius 3 is 2.79 bits per heavy atom. The topological polar surface area (TPSA) is 112 Å². The Morgan fingerprint density at radius 2 is 2.26 bits per heavy atom. The molecule has 0 aliphatic carbocycles. The average Bonchev–Trinajstić information content (AvgIpc) is 2.87. The Kier molecular flexibility index (Phi) is 3.43. The number of methoxy groups -OCH3 is 1. The van der Waals surface area contributed by atoms with Crippen LogP contribution in [-0.4, -0.2) is 27.3 Å². The lowest BCUT2D eigenvalue weighted by Gasteiger charge is -2.04. The van der Waals surface area contributed by atoms with Crippen LogP contribution < -0.4 is 4.74 Å². The second-order valence-electron chi connectivity index (χ2n) is 3.78. The third kappa shape index (κ3) is 2.52. The minimum absolute atomic E-state index is 0.101. The second-order valence-corrected chi connectivity index (χ2v) is 3.78. The van der Waals surface area contributed by atoms with Crippen LogP contribution in [0.3, 0.4) is 0 Å². The number of aromatic nitrogens is 2. The number of nitrogens with zero attached hydrogens (tertiary/aromatic N) is 3. The molecule has 0 radical (unpaired) electrons. The molecule has 1 N–H and O–H groups in total. The molecule has 19 heavy (non-hydrogen) atoms. The maximum Gasteiger partial charge on any atom is 0.273 e. The summed E-state index contributed by atoms with van der Waals surface area (Å²) in [4.78, 5) is 14.1. The third-order valence-corrected chi connectivity index (χ3v) is 2.44. The number of nitro groups is 1. The second kappa shape index (κ2) is 5.02. The molecule has 1 atom stereocenters. The van der Waals surface area contributed by atoms with E-state index in [0.29, 0.717) is 5.56 Å². The summed E-state index contributed by atoms with van der Waals surface area (Å²) in [5.41, 5.74) is 0.323. The summed E-state index contributed by atoms with van der Waals surface area (Å²) in [6.45, 7) is 1.50. The van der Waals surface area contributed by atoms with Gasteiger partial charge in [-0.1, -0.05) is 5.16 Å². The molecule has 2 rings (SSSR count). The highest BCUT2D eigenvalue weighted by Gasteiger charge is 2.18. The van der Waals surface area contributed by atoms with Crippen molar-refractivity contribution in [3.05, 3.63) is 34.1 Å². The molecule has 0 saturated carbocycles. The molecule has 0 aliphatic heterocycles. The van der Waals surface area contributed by atoms with Gasteiger partial charge in [0.1, 0.15) is 11.9 Å². The van der Waals surface area contributed by atoms with Gasteiger partial charge in [0.2, 0.25) is 0 Å². The fourth-order valence-electron chi connectivity index (χ4n) is 1.48. The molecule has 0 saturated heterocycles. The molecular formula is C11H11N3O5. The lowest BCUT2D eigenvalue weighted by Crippen LogP contribution is -1.94. The third-order valence-electron chi connectivity index (χ3n) is 2.44. The SMILES string of the molecule is COc1cc([N+](=O)[O-])ccc1-c1nc(C(C)O)no1. The fraction of sp³-hybridized carbons (Fsp3) is 0.273. The molecule has 0 amide bonds. The van der Waals surface area contributed by atoms with Gasteiger partial charge in [0.25, 0.3) is 11.6 Å². The zero-order valence-corrected chi connectivity index (χ0v) is 10.2. The largest absolute Gasteiger partial charge is 0.496 e. The van der Waals surface area contributed by atoms with Crippen LogP contribution in [0.4, 0.5) is 5.69 Å². The van der Waals surface area contributed by atoms with Crippen LogP contribution >= 0.6 is 0 Å². The molecule has 8 heteroatoms. The van der Waals surface area contributed by atoms with Gasteiger partial charge in [-0.3, -0.25) is 10.1 Å². The van der Waals surface area contributed by atoms with E-state index in [4.69, 9.17) is 9.26 Å². The van der Waals surface area contributed by atoms with E-state index in [1.807, 2.05) is 0 Å². The summed E-state index contributed by atoms with van der Waals surface area (Å²) in [6, 6.07) is 4.03. The minimum atomic E-state index is -0.860. The number of hydrogen-bond acceptors (Lipinski definition) is 7. The summed E-state index contributed by atoms with van der Waals surface area (Å²) in [5, 5.41) is 23.6. The first-order valence-electron chi connectivity index (χ1n) is 5.37. The van der Waals surface area contributed by atoms with Crippen LogP contribution in [0.2, 0.25) is 0 Å². The van der Waals surface area contributed by atoms with Crippen LogP contribution in [0.1, 0.15) is 18.9 Å². The maximum absolute atomic E-state index is 10.7.